The van der Waals surface area contributed by atoms with Crippen molar-refractivity contribution in [2.45, 2.75) is 26.7 Å². The molecule has 15 heavy (non-hydrogen) atoms. The molecule has 0 fully saturated rings. The van der Waals surface area contributed by atoms with Crippen molar-refractivity contribution >= 4 is 0 Å². The van der Waals surface area contributed by atoms with E-state index in [0.717, 1.165) is 12.8 Å². The van der Waals surface area contributed by atoms with Crippen LogP contribution in [0.3, 0.4) is 0 Å². The minimum Gasteiger partial charge on any atom is -0.0769 e. The fraction of sp³-hybridized carbons (Fsp3) is 0.333. The molecule has 0 aromatic heterocycles. The molecule has 0 amide bonds. The van der Waals surface area contributed by atoms with E-state index in [1.165, 1.54) is 11.1 Å². The van der Waals surface area contributed by atoms with E-state index in [-0.39, 0.29) is 0 Å². The summed E-state index contributed by atoms with van der Waals surface area (Å²) in [4.78, 5) is 0. The van der Waals surface area contributed by atoms with Gasteiger partial charge in [-0.3, -0.25) is 0 Å². The minimum atomic E-state index is 0.689. The molecule has 0 spiro atoms. The van der Waals surface area contributed by atoms with Crippen LogP contribution in [0.15, 0.2) is 53.6 Å². The van der Waals surface area contributed by atoms with Gasteiger partial charge in [0.15, 0.2) is 0 Å². The first kappa shape index (κ1) is 10.2. The topological polar surface area (TPSA) is 0 Å². The molecule has 1 aliphatic carbocycles. The van der Waals surface area contributed by atoms with Crippen molar-refractivity contribution in [1.29, 1.82) is 0 Å². The lowest BCUT2D eigenvalue weighted by Crippen LogP contribution is -1.89. The van der Waals surface area contributed by atoms with Crippen LogP contribution in [0.25, 0.3) is 0 Å². The Balaban J connectivity index is 2.04. The summed E-state index contributed by atoms with van der Waals surface area (Å²) < 4.78 is 0. The first-order chi connectivity index (χ1) is 7.25. The summed E-state index contributed by atoms with van der Waals surface area (Å²) in [6.45, 7) is 4.54. The van der Waals surface area contributed by atoms with Gasteiger partial charge in [-0.05, 0) is 29.9 Å². The molecule has 0 bridgehead atoms. The SMILES string of the molecule is CC(C)C1=CC(Cc2ccccc2)=CC1. The van der Waals surface area contributed by atoms with Crippen LogP contribution < -0.4 is 0 Å². The molecule has 0 heterocycles. The van der Waals surface area contributed by atoms with Gasteiger partial charge in [-0.25, -0.2) is 0 Å². The summed E-state index contributed by atoms with van der Waals surface area (Å²) >= 11 is 0. The highest BCUT2D eigenvalue weighted by molar-refractivity contribution is 5.37. The number of rotatable bonds is 3. The molecule has 0 N–H and O–H groups in total. The molecule has 0 atom stereocenters. The number of benzene rings is 1. The quantitative estimate of drug-likeness (QED) is 0.684. The summed E-state index contributed by atoms with van der Waals surface area (Å²) in [5, 5.41) is 0. The normalized spacial score (nSPS) is 15.4. The van der Waals surface area contributed by atoms with Gasteiger partial charge < -0.3 is 0 Å². The van der Waals surface area contributed by atoms with Gasteiger partial charge in [-0.2, -0.15) is 0 Å². The Morgan fingerprint density at radius 1 is 1.13 bits per heavy atom. The number of hydrogen-bond acceptors (Lipinski definition) is 0. The maximum atomic E-state index is 2.37. The average Bonchev–Trinajstić information content (AvgIpc) is 2.68. The van der Waals surface area contributed by atoms with Gasteiger partial charge in [-0.1, -0.05) is 61.9 Å². The second-order valence-corrected chi connectivity index (χ2v) is 4.52. The zero-order valence-electron chi connectivity index (χ0n) is 9.53. The molecule has 0 nitrogen and oxygen atoms in total. The molecular weight excluding hydrogens is 180 g/mol. The average molecular weight is 198 g/mol. The summed E-state index contributed by atoms with van der Waals surface area (Å²) in [7, 11) is 0. The number of allylic oxidation sites excluding steroid dienone is 4. The second-order valence-electron chi connectivity index (χ2n) is 4.52. The summed E-state index contributed by atoms with van der Waals surface area (Å²) in [5.74, 6) is 0.689. The molecule has 1 aromatic rings. The Hall–Kier alpha value is -1.30. The Morgan fingerprint density at radius 2 is 1.87 bits per heavy atom. The van der Waals surface area contributed by atoms with E-state index < -0.39 is 0 Å². The summed E-state index contributed by atoms with van der Waals surface area (Å²) in [6, 6.07) is 10.7. The van der Waals surface area contributed by atoms with E-state index in [9.17, 15) is 0 Å². The Kier molecular flexibility index (Phi) is 3.05. The van der Waals surface area contributed by atoms with Gasteiger partial charge in [0.1, 0.15) is 0 Å². The van der Waals surface area contributed by atoms with Crippen LogP contribution in [0.2, 0.25) is 0 Å². The van der Waals surface area contributed by atoms with Crippen LogP contribution in [0, 0.1) is 5.92 Å². The van der Waals surface area contributed by atoms with Crippen molar-refractivity contribution in [2.75, 3.05) is 0 Å². The van der Waals surface area contributed by atoms with Gasteiger partial charge >= 0.3 is 0 Å². The monoisotopic (exact) mass is 198 g/mol. The fourth-order valence-corrected chi connectivity index (χ4v) is 1.96. The van der Waals surface area contributed by atoms with Gasteiger partial charge in [0.25, 0.3) is 0 Å². The Bertz CT molecular complexity index is 380. The molecule has 1 aromatic carbocycles. The van der Waals surface area contributed by atoms with E-state index in [1.807, 2.05) is 0 Å². The Morgan fingerprint density at radius 3 is 2.47 bits per heavy atom. The van der Waals surface area contributed by atoms with Gasteiger partial charge in [0, 0.05) is 0 Å². The molecular formula is C15H18. The van der Waals surface area contributed by atoms with E-state index in [4.69, 9.17) is 0 Å². The molecule has 0 unspecified atom stereocenters. The van der Waals surface area contributed by atoms with Crippen LogP contribution in [0.4, 0.5) is 0 Å². The molecule has 0 saturated heterocycles. The minimum absolute atomic E-state index is 0.689. The van der Waals surface area contributed by atoms with E-state index in [1.54, 1.807) is 5.57 Å². The molecule has 1 aliphatic rings. The van der Waals surface area contributed by atoms with Crippen LogP contribution >= 0.6 is 0 Å². The van der Waals surface area contributed by atoms with Crippen molar-refractivity contribution in [3.8, 4) is 0 Å². The summed E-state index contributed by atoms with van der Waals surface area (Å²) in [5.41, 5.74) is 4.45. The summed E-state index contributed by atoms with van der Waals surface area (Å²) in [6.07, 6.45) is 6.97. The van der Waals surface area contributed by atoms with Crippen LogP contribution in [-0.4, -0.2) is 0 Å². The molecule has 0 saturated carbocycles. The molecule has 0 radical (unpaired) electrons. The van der Waals surface area contributed by atoms with Crippen LogP contribution in [-0.2, 0) is 6.42 Å². The molecule has 0 heteroatoms. The van der Waals surface area contributed by atoms with E-state index in [0.29, 0.717) is 5.92 Å². The van der Waals surface area contributed by atoms with E-state index in [2.05, 4.69) is 56.3 Å². The third-order valence-corrected chi connectivity index (χ3v) is 2.96. The first-order valence-corrected chi connectivity index (χ1v) is 5.69. The van der Waals surface area contributed by atoms with Crippen LogP contribution in [0.1, 0.15) is 25.8 Å². The maximum Gasteiger partial charge on any atom is -0.00288 e. The van der Waals surface area contributed by atoms with Gasteiger partial charge in [0.2, 0.25) is 0 Å². The highest BCUT2D eigenvalue weighted by atomic mass is 14.1. The predicted molar refractivity (Wildman–Crippen MR) is 65.8 cm³/mol. The van der Waals surface area contributed by atoms with Gasteiger partial charge in [-0.15, -0.1) is 0 Å². The number of hydrogen-bond donors (Lipinski definition) is 0. The first-order valence-electron chi connectivity index (χ1n) is 5.69. The molecule has 78 valence electrons. The van der Waals surface area contributed by atoms with Crippen molar-refractivity contribution in [3.63, 3.8) is 0 Å². The van der Waals surface area contributed by atoms with Crippen molar-refractivity contribution in [2.24, 2.45) is 5.92 Å². The highest BCUT2D eigenvalue weighted by Gasteiger charge is 2.09. The third-order valence-electron chi connectivity index (χ3n) is 2.96. The Labute approximate surface area is 92.3 Å². The van der Waals surface area contributed by atoms with Crippen molar-refractivity contribution < 1.29 is 0 Å². The standard InChI is InChI=1S/C15H18/c1-12(2)15-9-8-14(11-15)10-13-6-4-3-5-7-13/h3-8,11-12H,9-10H2,1-2H3. The van der Waals surface area contributed by atoms with E-state index >= 15 is 0 Å². The zero-order chi connectivity index (χ0) is 10.7. The molecule has 2 rings (SSSR count). The zero-order valence-corrected chi connectivity index (χ0v) is 9.53. The lowest BCUT2D eigenvalue weighted by Gasteiger charge is -2.04. The third kappa shape index (κ3) is 2.59. The van der Waals surface area contributed by atoms with Crippen LogP contribution in [0.5, 0.6) is 0 Å². The largest absolute Gasteiger partial charge is 0.0769 e. The van der Waals surface area contributed by atoms with Crippen molar-refractivity contribution in [1.82, 2.24) is 0 Å². The second kappa shape index (κ2) is 4.48. The lowest BCUT2D eigenvalue weighted by atomic mass is 10.0. The lowest BCUT2D eigenvalue weighted by molar-refractivity contribution is 0.753. The fourth-order valence-electron chi connectivity index (χ4n) is 1.96. The van der Waals surface area contributed by atoms with Gasteiger partial charge in [0.05, 0.1) is 0 Å². The highest BCUT2D eigenvalue weighted by Crippen LogP contribution is 2.25. The maximum absolute atomic E-state index is 2.37. The predicted octanol–water partition coefficient (Wildman–Crippen LogP) is 4.14. The molecule has 0 aliphatic heterocycles. The smallest absolute Gasteiger partial charge is 0.00288 e. The van der Waals surface area contributed by atoms with Crippen molar-refractivity contribution in [3.05, 3.63) is 59.2 Å².